The van der Waals surface area contributed by atoms with Crippen LogP contribution in [0.25, 0.3) is 0 Å². The first-order valence-electron chi connectivity index (χ1n) is 5.83. The van der Waals surface area contributed by atoms with Crippen LogP contribution in [0.4, 0.5) is 0 Å². The molecule has 1 saturated carbocycles. The fourth-order valence-electron chi connectivity index (χ4n) is 2.40. The standard InChI is InChI=1S/C11H20N2O2/c1-7-4-12-6-10(7)11(15)13-5-8-2-9(14)3-8/h7-10,12,14H,2-6H2,1H3,(H,13,15)/t7-,8?,9?,10-/m1/s1. The zero-order chi connectivity index (χ0) is 10.8. The maximum absolute atomic E-state index is 11.8. The van der Waals surface area contributed by atoms with E-state index in [1.807, 2.05) is 0 Å². The fraction of sp³-hybridized carbons (Fsp3) is 0.909. The van der Waals surface area contributed by atoms with E-state index in [0.717, 1.165) is 32.5 Å². The van der Waals surface area contributed by atoms with Gasteiger partial charge in [0.05, 0.1) is 12.0 Å². The number of hydrogen-bond acceptors (Lipinski definition) is 3. The summed E-state index contributed by atoms with van der Waals surface area (Å²) in [5.74, 6) is 1.24. The second-order valence-corrected chi connectivity index (χ2v) is 4.98. The molecule has 86 valence electrons. The van der Waals surface area contributed by atoms with E-state index in [1.165, 1.54) is 0 Å². The van der Waals surface area contributed by atoms with E-state index in [0.29, 0.717) is 11.8 Å². The lowest BCUT2D eigenvalue weighted by atomic mass is 9.82. The highest BCUT2D eigenvalue weighted by Crippen LogP contribution is 2.26. The molecular formula is C11H20N2O2. The van der Waals surface area contributed by atoms with Crippen LogP contribution >= 0.6 is 0 Å². The average Bonchev–Trinajstić information content (AvgIpc) is 2.57. The molecule has 2 aliphatic rings. The van der Waals surface area contributed by atoms with E-state index in [4.69, 9.17) is 5.11 Å². The molecule has 1 amide bonds. The molecule has 4 heteroatoms. The Morgan fingerprint density at radius 2 is 2.20 bits per heavy atom. The summed E-state index contributed by atoms with van der Waals surface area (Å²) in [5, 5.41) is 15.3. The van der Waals surface area contributed by atoms with Gasteiger partial charge in [0.2, 0.25) is 5.91 Å². The van der Waals surface area contributed by atoms with Gasteiger partial charge < -0.3 is 15.7 Å². The molecule has 1 aliphatic heterocycles. The van der Waals surface area contributed by atoms with E-state index in [9.17, 15) is 4.79 Å². The predicted octanol–water partition coefficient (Wildman–Crippen LogP) is -0.271. The highest BCUT2D eigenvalue weighted by Gasteiger charge is 2.31. The van der Waals surface area contributed by atoms with Gasteiger partial charge in [0.15, 0.2) is 0 Å². The van der Waals surface area contributed by atoms with Crippen molar-refractivity contribution in [3.8, 4) is 0 Å². The van der Waals surface area contributed by atoms with Crippen LogP contribution in [0, 0.1) is 17.8 Å². The van der Waals surface area contributed by atoms with Crippen molar-refractivity contribution in [1.82, 2.24) is 10.6 Å². The van der Waals surface area contributed by atoms with Gasteiger partial charge in [-0.25, -0.2) is 0 Å². The molecule has 0 aromatic heterocycles. The second kappa shape index (κ2) is 4.49. The normalized spacial score (nSPS) is 39.9. The second-order valence-electron chi connectivity index (χ2n) is 4.98. The van der Waals surface area contributed by atoms with Crippen molar-refractivity contribution in [1.29, 1.82) is 0 Å². The monoisotopic (exact) mass is 212 g/mol. The predicted molar refractivity (Wildman–Crippen MR) is 57.3 cm³/mol. The number of amides is 1. The molecule has 0 aromatic carbocycles. The molecule has 2 atom stereocenters. The summed E-state index contributed by atoms with van der Waals surface area (Å²) in [5.41, 5.74) is 0. The van der Waals surface area contributed by atoms with Gasteiger partial charge in [-0.15, -0.1) is 0 Å². The zero-order valence-electron chi connectivity index (χ0n) is 9.20. The molecule has 0 unspecified atom stereocenters. The van der Waals surface area contributed by atoms with E-state index >= 15 is 0 Å². The Morgan fingerprint density at radius 1 is 1.47 bits per heavy atom. The summed E-state index contributed by atoms with van der Waals surface area (Å²) in [7, 11) is 0. The average molecular weight is 212 g/mol. The Labute approximate surface area is 90.4 Å². The molecule has 4 nitrogen and oxygen atoms in total. The lowest BCUT2D eigenvalue weighted by Crippen LogP contribution is -2.41. The molecule has 0 aromatic rings. The Balaban J connectivity index is 1.68. The van der Waals surface area contributed by atoms with Crippen LogP contribution in [0.1, 0.15) is 19.8 Å². The number of carbonyl (C=O) groups is 1. The molecular weight excluding hydrogens is 192 g/mol. The molecule has 1 aliphatic carbocycles. The largest absolute Gasteiger partial charge is 0.393 e. The molecule has 1 heterocycles. The lowest BCUT2D eigenvalue weighted by Gasteiger charge is -2.31. The highest BCUT2D eigenvalue weighted by molar-refractivity contribution is 5.79. The minimum atomic E-state index is -0.126. The number of aliphatic hydroxyl groups is 1. The molecule has 1 saturated heterocycles. The summed E-state index contributed by atoms with van der Waals surface area (Å²) in [6.07, 6.45) is 1.57. The number of aliphatic hydroxyl groups excluding tert-OH is 1. The van der Waals surface area contributed by atoms with Crippen LogP contribution in [0.3, 0.4) is 0 Å². The minimum Gasteiger partial charge on any atom is -0.393 e. The van der Waals surface area contributed by atoms with Crippen LogP contribution in [-0.2, 0) is 4.79 Å². The van der Waals surface area contributed by atoms with Crippen LogP contribution in [0.15, 0.2) is 0 Å². The summed E-state index contributed by atoms with van der Waals surface area (Å²) in [6.45, 7) is 4.59. The third-order valence-electron chi connectivity index (χ3n) is 3.63. The number of rotatable bonds is 3. The first kappa shape index (κ1) is 10.9. The summed E-state index contributed by atoms with van der Waals surface area (Å²) < 4.78 is 0. The van der Waals surface area contributed by atoms with E-state index in [1.54, 1.807) is 0 Å². The summed E-state index contributed by atoms with van der Waals surface area (Å²) in [4.78, 5) is 11.8. The molecule has 0 spiro atoms. The van der Waals surface area contributed by atoms with Gasteiger partial charge in [0.25, 0.3) is 0 Å². The molecule has 0 bridgehead atoms. The fourth-order valence-corrected chi connectivity index (χ4v) is 2.40. The van der Waals surface area contributed by atoms with Gasteiger partial charge in [0, 0.05) is 13.1 Å². The van der Waals surface area contributed by atoms with Crippen molar-refractivity contribution in [2.24, 2.45) is 17.8 Å². The van der Waals surface area contributed by atoms with Crippen molar-refractivity contribution in [3.05, 3.63) is 0 Å². The van der Waals surface area contributed by atoms with Crippen molar-refractivity contribution in [2.45, 2.75) is 25.9 Å². The maximum Gasteiger partial charge on any atom is 0.224 e. The van der Waals surface area contributed by atoms with Crippen LogP contribution in [0.5, 0.6) is 0 Å². The minimum absolute atomic E-state index is 0.126. The first-order chi connectivity index (χ1) is 7.16. The topological polar surface area (TPSA) is 61.4 Å². The first-order valence-corrected chi connectivity index (χ1v) is 5.83. The zero-order valence-corrected chi connectivity index (χ0v) is 9.20. The smallest absolute Gasteiger partial charge is 0.224 e. The Bertz CT molecular complexity index is 239. The van der Waals surface area contributed by atoms with Gasteiger partial charge in [-0.3, -0.25) is 4.79 Å². The van der Waals surface area contributed by atoms with Crippen molar-refractivity contribution in [2.75, 3.05) is 19.6 Å². The molecule has 2 rings (SSSR count). The van der Waals surface area contributed by atoms with E-state index in [-0.39, 0.29) is 17.9 Å². The van der Waals surface area contributed by atoms with Crippen molar-refractivity contribution >= 4 is 5.91 Å². The van der Waals surface area contributed by atoms with E-state index in [2.05, 4.69) is 17.6 Å². The quantitative estimate of drug-likeness (QED) is 0.603. The highest BCUT2D eigenvalue weighted by atomic mass is 16.3. The number of hydrogen-bond donors (Lipinski definition) is 3. The van der Waals surface area contributed by atoms with Gasteiger partial charge in [-0.1, -0.05) is 6.92 Å². The van der Waals surface area contributed by atoms with Crippen LogP contribution in [0.2, 0.25) is 0 Å². The molecule has 3 N–H and O–H groups in total. The van der Waals surface area contributed by atoms with E-state index < -0.39 is 0 Å². The van der Waals surface area contributed by atoms with Gasteiger partial charge in [-0.05, 0) is 31.2 Å². The van der Waals surface area contributed by atoms with Crippen molar-refractivity contribution < 1.29 is 9.90 Å². The van der Waals surface area contributed by atoms with Gasteiger partial charge >= 0.3 is 0 Å². The SMILES string of the molecule is C[C@@H]1CNC[C@H]1C(=O)NCC1CC(O)C1. The number of nitrogens with one attached hydrogen (secondary N) is 2. The van der Waals surface area contributed by atoms with Gasteiger partial charge in [-0.2, -0.15) is 0 Å². The third kappa shape index (κ3) is 2.49. The molecule has 0 radical (unpaired) electrons. The van der Waals surface area contributed by atoms with Crippen molar-refractivity contribution in [3.63, 3.8) is 0 Å². The Hall–Kier alpha value is -0.610. The lowest BCUT2D eigenvalue weighted by molar-refractivity contribution is -0.126. The Morgan fingerprint density at radius 3 is 2.73 bits per heavy atom. The number of carbonyl (C=O) groups excluding carboxylic acids is 1. The van der Waals surface area contributed by atoms with Crippen LogP contribution < -0.4 is 10.6 Å². The summed E-state index contributed by atoms with van der Waals surface area (Å²) >= 11 is 0. The molecule has 15 heavy (non-hydrogen) atoms. The molecule has 2 fully saturated rings. The van der Waals surface area contributed by atoms with Gasteiger partial charge in [0.1, 0.15) is 0 Å². The maximum atomic E-state index is 11.8. The van der Waals surface area contributed by atoms with Crippen LogP contribution in [-0.4, -0.2) is 36.8 Å². The Kier molecular flexibility index (Phi) is 3.26. The summed E-state index contributed by atoms with van der Waals surface area (Å²) in [6, 6.07) is 0. The third-order valence-corrected chi connectivity index (χ3v) is 3.63.